The van der Waals surface area contributed by atoms with E-state index in [1.165, 1.54) is 12.1 Å². The Morgan fingerprint density at radius 2 is 1.25 bits per heavy atom. The lowest BCUT2D eigenvalue weighted by atomic mass is 10.00. The lowest BCUT2D eigenvalue weighted by Crippen LogP contribution is -2.61. The van der Waals surface area contributed by atoms with Crippen LogP contribution in [0.2, 0.25) is 0 Å². The molecule has 17 heteroatoms. The Morgan fingerprint density at radius 1 is 0.667 bits per heavy atom. The average molecular weight is 844 g/mol. The van der Waals surface area contributed by atoms with Crippen LogP contribution >= 0.6 is 12.6 Å². The van der Waals surface area contributed by atoms with E-state index in [0.29, 0.717) is 24.9 Å². The van der Waals surface area contributed by atoms with Crippen molar-refractivity contribution in [2.75, 3.05) is 12.3 Å². The van der Waals surface area contributed by atoms with E-state index in [4.69, 9.17) is 17.2 Å². The summed E-state index contributed by atoms with van der Waals surface area (Å²) in [5.74, 6) is -4.60. The number of carbonyl (C=O) groups excluding carboxylic acids is 6. The van der Waals surface area contributed by atoms with E-state index >= 15 is 0 Å². The van der Waals surface area contributed by atoms with Crippen LogP contribution in [0.5, 0.6) is 5.75 Å². The lowest BCUT2D eigenvalue weighted by Gasteiger charge is -2.28. The summed E-state index contributed by atoms with van der Waals surface area (Å²) in [6.45, 7) is 3.76. The first kappa shape index (κ1) is 46.8. The number of hydrogen-bond donors (Lipinski definition) is 11. The molecule has 4 aromatic rings. The highest BCUT2D eigenvalue weighted by molar-refractivity contribution is 7.80. The van der Waals surface area contributed by atoms with E-state index < -0.39 is 77.6 Å². The molecule has 0 aliphatic rings. The first-order valence-corrected chi connectivity index (χ1v) is 20.6. The Kier molecular flexibility index (Phi) is 18.0. The zero-order valence-corrected chi connectivity index (χ0v) is 34.8. The summed E-state index contributed by atoms with van der Waals surface area (Å²) in [6, 6.07) is 16.0. The summed E-state index contributed by atoms with van der Waals surface area (Å²) >= 11 is 4.26. The Balaban J connectivity index is 1.50. The molecule has 0 saturated carbocycles. The molecule has 0 bridgehead atoms. The van der Waals surface area contributed by atoms with Gasteiger partial charge in [-0.1, -0.05) is 74.5 Å². The normalized spacial score (nSPS) is 14.2. The molecule has 0 spiro atoms. The van der Waals surface area contributed by atoms with Crippen LogP contribution in [0.1, 0.15) is 49.8 Å². The highest BCUT2D eigenvalue weighted by Gasteiger charge is 2.34. The predicted molar refractivity (Wildman–Crippen MR) is 232 cm³/mol. The molecule has 6 amide bonds. The number of amides is 6. The number of unbranched alkanes of at least 4 members (excludes halogenated alkanes) is 1. The molecule has 322 valence electrons. The van der Waals surface area contributed by atoms with Crippen LogP contribution in [-0.2, 0) is 48.0 Å². The molecule has 0 unspecified atom stereocenters. The fraction of sp³-hybridized carbons (Fsp3) is 0.395. The van der Waals surface area contributed by atoms with Crippen molar-refractivity contribution in [3.63, 3.8) is 0 Å². The summed E-state index contributed by atoms with van der Waals surface area (Å²) in [5.41, 5.74) is 20.7. The molecular formula is C43H57N9O7S. The number of hydrogen-bond acceptors (Lipinski definition) is 10. The molecule has 0 aliphatic carbocycles. The van der Waals surface area contributed by atoms with Crippen molar-refractivity contribution in [3.05, 3.63) is 102 Å². The third kappa shape index (κ3) is 13.8. The van der Waals surface area contributed by atoms with E-state index in [9.17, 15) is 33.9 Å². The fourth-order valence-electron chi connectivity index (χ4n) is 6.61. The maximum Gasteiger partial charge on any atom is 0.244 e. The molecule has 0 aliphatic heterocycles. The van der Waals surface area contributed by atoms with Crippen LogP contribution < -0.4 is 43.8 Å². The van der Waals surface area contributed by atoms with Crippen molar-refractivity contribution >= 4 is 59.0 Å². The SMILES string of the molecule is CC(C)[C@H](NC(=O)[C@H](CCCCN)NC(=O)[C@@H](Cc1c[nH]c2ccccc12)NC(=O)[C@@H](N)Cc1ccc(O)cc1)C(=O)N[C@@H](CS)C(=O)N[C@@H](Cc1ccccc1)C(N)=O. The van der Waals surface area contributed by atoms with Gasteiger partial charge in [0, 0.05) is 35.7 Å². The number of H-pyrrole nitrogens is 1. The van der Waals surface area contributed by atoms with Gasteiger partial charge in [-0.05, 0) is 73.0 Å². The molecule has 0 saturated heterocycles. The van der Waals surface area contributed by atoms with Crippen molar-refractivity contribution < 1.29 is 33.9 Å². The molecule has 13 N–H and O–H groups in total. The summed E-state index contributed by atoms with van der Waals surface area (Å²) in [5, 5.41) is 24.1. The minimum atomic E-state index is -1.19. The van der Waals surface area contributed by atoms with Crippen molar-refractivity contribution in [1.29, 1.82) is 0 Å². The van der Waals surface area contributed by atoms with Gasteiger partial charge >= 0.3 is 0 Å². The summed E-state index contributed by atoms with van der Waals surface area (Å²) in [7, 11) is 0. The monoisotopic (exact) mass is 843 g/mol. The highest BCUT2D eigenvalue weighted by atomic mass is 32.1. The number of aromatic hydroxyl groups is 1. The number of aromatic nitrogens is 1. The third-order valence-electron chi connectivity index (χ3n) is 10.0. The van der Waals surface area contributed by atoms with Crippen LogP contribution in [0, 0.1) is 5.92 Å². The van der Waals surface area contributed by atoms with Gasteiger partial charge in [-0.25, -0.2) is 0 Å². The van der Waals surface area contributed by atoms with E-state index in [0.717, 1.165) is 22.0 Å². The Morgan fingerprint density at radius 3 is 1.90 bits per heavy atom. The van der Waals surface area contributed by atoms with Gasteiger partial charge in [-0.15, -0.1) is 0 Å². The number of primary amides is 1. The average Bonchev–Trinajstić information content (AvgIpc) is 3.64. The minimum absolute atomic E-state index is 0.0524. The number of para-hydroxylation sites is 1. The van der Waals surface area contributed by atoms with Gasteiger partial charge in [0.2, 0.25) is 35.4 Å². The summed E-state index contributed by atoms with van der Waals surface area (Å²) in [6.07, 6.45) is 3.23. The smallest absolute Gasteiger partial charge is 0.244 e. The van der Waals surface area contributed by atoms with Crippen LogP contribution in [0.25, 0.3) is 10.9 Å². The molecule has 16 nitrogen and oxygen atoms in total. The largest absolute Gasteiger partial charge is 0.508 e. The van der Waals surface area contributed by atoms with Gasteiger partial charge in [0.25, 0.3) is 0 Å². The number of aromatic amines is 1. The van der Waals surface area contributed by atoms with E-state index in [-0.39, 0.29) is 37.2 Å². The number of fused-ring (bicyclic) bond motifs is 1. The molecule has 1 heterocycles. The quantitative estimate of drug-likeness (QED) is 0.0373. The zero-order chi connectivity index (χ0) is 43.8. The Labute approximate surface area is 355 Å². The number of carbonyl (C=O) groups is 6. The van der Waals surface area contributed by atoms with Gasteiger partial charge in [0.1, 0.15) is 36.0 Å². The first-order chi connectivity index (χ1) is 28.7. The van der Waals surface area contributed by atoms with Crippen LogP contribution in [0.3, 0.4) is 0 Å². The second kappa shape index (κ2) is 23.0. The fourth-order valence-corrected chi connectivity index (χ4v) is 6.87. The van der Waals surface area contributed by atoms with Crippen molar-refractivity contribution in [2.24, 2.45) is 23.1 Å². The van der Waals surface area contributed by atoms with Gasteiger partial charge in [0.15, 0.2) is 0 Å². The lowest BCUT2D eigenvalue weighted by molar-refractivity contribution is -0.135. The van der Waals surface area contributed by atoms with Crippen molar-refractivity contribution in [2.45, 2.75) is 88.6 Å². The molecule has 3 aromatic carbocycles. The number of phenolic OH excluding ortho intramolecular Hbond substituents is 1. The second-order valence-corrected chi connectivity index (χ2v) is 15.4. The molecule has 0 fully saturated rings. The molecule has 0 radical (unpaired) electrons. The number of phenols is 1. The maximum absolute atomic E-state index is 14.2. The summed E-state index contributed by atoms with van der Waals surface area (Å²) < 4.78 is 0. The number of benzene rings is 3. The third-order valence-corrected chi connectivity index (χ3v) is 10.4. The van der Waals surface area contributed by atoms with Gasteiger partial charge in [-0.2, -0.15) is 12.6 Å². The van der Waals surface area contributed by atoms with Crippen molar-refractivity contribution in [1.82, 2.24) is 31.6 Å². The van der Waals surface area contributed by atoms with E-state index in [2.05, 4.69) is 44.2 Å². The number of thiol groups is 1. The molecule has 4 rings (SSSR count). The Hall–Kier alpha value is -5.91. The molecule has 1 aromatic heterocycles. The summed E-state index contributed by atoms with van der Waals surface area (Å²) in [4.78, 5) is 84.2. The van der Waals surface area contributed by atoms with Crippen molar-refractivity contribution in [3.8, 4) is 5.75 Å². The molecule has 60 heavy (non-hydrogen) atoms. The minimum Gasteiger partial charge on any atom is -0.508 e. The highest BCUT2D eigenvalue weighted by Crippen LogP contribution is 2.20. The van der Waals surface area contributed by atoms with Crippen LogP contribution in [0.15, 0.2) is 85.1 Å². The molecular weight excluding hydrogens is 787 g/mol. The molecule has 6 atom stereocenters. The topological polar surface area (TPSA) is 277 Å². The van der Waals surface area contributed by atoms with Gasteiger partial charge in [-0.3, -0.25) is 28.8 Å². The maximum atomic E-state index is 14.2. The predicted octanol–water partition coefficient (Wildman–Crippen LogP) is 0.853. The van der Waals surface area contributed by atoms with Crippen LogP contribution in [-0.4, -0.2) is 94.1 Å². The van der Waals surface area contributed by atoms with Crippen LogP contribution in [0.4, 0.5) is 0 Å². The first-order valence-electron chi connectivity index (χ1n) is 19.9. The van der Waals surface area contributed by atoms with Gasteiger partial charge in [0.05, 0.1) is 6.04 Å². The standard InChI is InChI=1S/C43H57N9O7S/c1-25(2)37(43(59)51-36(24-60)42(58)49-34(38(46)54)21-26-10-4-3-5-11-26)52-40(56)33(14-8-9-19-44)48-41(57)35(22-28-23-47-32-13-7-6-12-30(28)32)50-39(55)31(45)20-27-15-17-29(53)18-16-27/h3-7,10-13,15-18,23,25,31,33-37,47,53,60H,8-9,14,19-22,24,44-45H2,1-2H3,(H2,46,54)(H,48,57)(H,49,58)(H,50,55)(H,51,59)(H,52,56)/t31-,33-,34-,35+,36-,37-/m0/s1. The van der Waals surface area contributed by atoms with Gasteiger partial charge < -0.3 is 53.9 Å². The van der Waals surface area contributed by atoms with E-state index in [1.807, 2.05) is 30.3 Å². The number of rotatable bonds is 23. The second-order valence-electron chi connectivity index (χ2n) is 15.1. The van der Waals surface area contributed by atoms with E-state index in [1.54, 1.807) is 56.4 Å². The Bertz CT molecular complexity index is 2060. The zero-order valence-electron chi connectivity index (χ0n) is 33.9. The number of nitrogens with one attached hydrogen (secondary N) is 6. The number of nitrogens with two attached hydrogens (primary N) is 3.